The van der Waals surface area contributed by atoms with Crippen molar-refractivity contribution >= 4 is 29.9 Å². The number of aromatic hydroxyl groups is 1. The highest BCUT2D eigenvalue weighted by Crippen LogP contribution is 2.30. The van der Waals surface area contributed by atoms with Crippen LogP contribution in [0.5, 0.6) is 5.75 Å². The van der Waals surface area contributed by atoms with Crippen LogP contribution in [-0.2, 0) is 19.4 Å². The maximum Gasteiger partial charge on any atom is 0.191 e. The Morgan fingerprint density at radius 1 is 1.08 bits per heavy atom. The van der Waals surface area contributed by atoms with Crippen LogP contribution in [0.2, 0.25) is 0 Å². The van der Waals surface area contributed by atoms with Crippen molar-refractivity contribution in [2.75, 3.05) is 33.2 Å². The molecule has 0 bridgehead atoms. The van der Waals surface area contributed by atoms with Crippen molar-refractivity contribution < 1.29 is 5.11 Å². The lowest BCUT2D eigenvalue weighted by Crippen LogP contribution is -2.42. The van der Waals surface area contributed by atoms with E-state index in [4.69, 9.17) is 0 Å². The molecule has 1 aromatic carbocycles. The van der Waals surface area contributed by atoms with E-state index in [1.807, 2.05) is 6.07 Å². The smallest absolute Gasteiger partial charge is 0.191 e. The Labute approximate surface area is 174 Å². The highest BCUT2D eigenvalue weighted by molar-refractivity contribution is 14.0. The fourth-order valence-corrected chi connectivity index (χ4v) is 4.00. The SMILES string of the molecule is CN=C(NCCN1CCCCC1)NCc1c(O)ccc2c1CCCC2.I. The molecule has 2 aliphatic rings. The van der Waals surface area contributed by atoms with Gasteiger partial charge in [0, 0.05) is 32.2 Å². The van der Waals surface area contributed by atoms with Crippen molar-refractivity contribution in [3.8, 4) is 5.75 Å². The Hall–Kier alpha value is -1.02. The summed E-state index contributed by atoms with van der Waals surface area (Å²) in [6, 6.07) is 3.92. The van der Waals surface area contributed by atoms with Crippen LogP contribution in [0.3, 0.4) is 0 Å². The lowest BCUT2D eigenvalue weighted by atomic mass is 9.88. The van der Waals surface area contributed by atoms with E-state index in [2.05, 4.69) is 26.6 Å². The van der Waals surface area contributed by atoms with E-state index in [-0.39, 0.29) is 24.0 Å². The molecule has 1 aliphatic carbocycles. The Bertz CT molecular complexity index is 600. The van der Waals surface area contributed by atoms with Gasteiger partial charge in [-0.1, -0.05) is 12.5 Å². The standard InChI is InChI=1S/C20H32N4O.HI/c1-21-20(22-11-14-24-12-5-2-6-13-24)23-15-18-17-8-4-3-7-16(17)9-10-19(18)25;/h9-10,25H,2-8,11-15H2,1H3,(H2,21,22,23);1H. The van der Waals surface area contributed by atoms with Crippen molar-refractivity contribution in [1.29, 1.82) is 0 Å². The number of aryl methyl sites for hydroxylation is 1. The summed E-state index contributed by atoms with van der Waals surface area (Å²) < 4.78 is 0. The third-order valence-electron chi connectivity index (χ3n) is 5.45. The van der Waals surface area contributed by atoms with Gasteiger partial charge in [-0.05, 0) is 68.8 Å². The zero-order valence-corrected chi connectivity index (χ0v) is 18.2. The summed E-state index contributed by atoms with van der Waals surface area (Å²) in [7, 11) is 1.80. The number of nitrogens with one attached hydrogen (secondary N) is 2. The molecule has 1 fully saturated rings. The average Bonchev–Trinajstić information content (AvgIpc) is 2.66. The molecule has 0 spiro atoms. The first kappa shape index (κ1) is 21.3. The second-order valence-corrected chi connectivity index (χ2v) is 7.16. The molecular formula is C20H33IN4O. The summed E-state index contributed by atoms with van der Waals surface area (Å²) >= 11 is 0. The molecule has 0 radical (unpaired) electrons. The number of likely N-dealkylation sites (tertiary alicyclic amines) is 1. The molecule has 3 rings (SSSR count). The first-order valence-corrected chi connectivity index (χ1v) is 9.77. The maximum absolute atomic E-state index is 10.3. The van der Waals surface area contributed by atoms with Crippen molar-refractivity contribution in [1.82, 2.24) is 15.5 Å². The molecule has 0 amide bonds. The summed E-state index contributed by atoms with van der Waals surface area (Å²) in [5.41, 5.74) is 3.77. The molecule has 1 heterocycles. The summed E-state index contributed by atoms with van der Waals surface area (Å²) in [5, 5.41) is 17.1. The van der Waals surface area contributed by atoms with Crippen LogP contribution >= 0.6 is 24.0 Å². The number of fused-ring (bicyclic) bond motifs is 1. The van der Waals surface area contributed by atoms with Crippen LogP contribution in [-0.4, -0.2) is 49.2 Å². The number of rotatable bonds is 5. The molecular weight excluding hydrogens is 439 g/mol. The average molecular weight is 472 g/mol. The predicted molar refractivity (Wildman–Crippen MR) is 119 cm³/mol. The molecule has 1 aromatic rings. The quantitative estimate of drug-likeness (QED) is 0.351. The molecule has 1 saturated heterocycles. The van der Waals surface area contributed by atoms with Crippen molar-refractivity contribution in [2.45, 2.75) is 51.5 Å². The molecule has 0 unspecified atom stereocenters. The van der Waals surface area contributed by atoms with Crippen LogP contribution in [0, 0.1) is 0 Å². The van der Waals surface area contributed by atoms with Crippen molar-refractivity contribution in [3.63, 3.8) is 0 Å². The van der Waals surface area contributed by atoms with Gasteiger partial charge in [-0.15, -0.1) is 24.0 Å². The molecule has 0 aromatic heterocycles. The zero-order chi connectivity index (χ0) is 17.5. The molecule has 26 heavy (non-hydrogen) atoms. The Balaban J connectivity index is 0.00000243. The second-order valence-electron chi connectivity index (χ2n) is 7.16. The van der Waals surface area contributed by atoms with E-state index in [9.17, 15) is 5.11 Å². The van der Waals surface area contributed by atoms with E-state index in [0.717, 1.165) is 37.5 Å². The van der Waals surface area contributed by atoms with E-state index in [0.29, 0.717) is 12.3 Å². The zero-order valence-electron chi connectivity index (χ0n) is 15.9. The molecule has 1 aliphatic heterocycles. The van der Waals surface area contributed by atoms with Gasteiger partial charge in [-0.2, -0.15) is 0 Å². The van der Waals surface area contributed by atoms with Crippen molar-refractivity contribution in [2.24, 2.45) is 4.99 Å². The number of halogens is 1. The number of phenols is 1. The van der Waals surface area contributed by atoms with Gasteiger partial charge >= 0.3 is 0 Å². The van der Waals surface area contributed by atoms with Gasteiger partial charge < -0.3 is 20.6 Å². The Morgan fingerprint density at radius 2 is 1.85 bits per heavy atom. The molecule has 6 heteroatoms. The number of hydrogen-bond donors (Lipinski definition) is 3. The van der Waals surface area contributed by atoms with Gasteiger partial charge in [-0.25, -0.2) is 0 Å². The summed E-state index contributed by atoms with van der Waals surface area (Å²) in [6.07, 6.45) is 8.69. The van der Waals surface area contributed by atoms with E-state index >= 15 is 0 Å². The fraction of sp³-hybridized carbons (Fsp3) is 0.650. The third-order valence-corrected chi connectivity index (χ3v) is 5.45. The lowest BCUT2D eigenvalue weighted by Gasteiger charge is -2.26. The molecule has 146 valence electrons. The Morgan fingerprint density at radius 3 is 2.62 bits per heavy atom. The van der Waals surface area contributed by atoms with Crippen LogP contribution < -0.4 is 10.6 Å². The predicted octanol–water partition coefficient (Wildman–Crippen LogP) is 3.04. The topological polar surface area (TPSA) is 59.9 Å². The van der Waals surface area contributed by atoms with Gasteiger partial charge in [0.05, 0.1) is 0 Å². The summed E-state index contributed by atoms with van der Waals surface area (Å²) in [5.74, 6) is 1.21. The minimum atomic E-state index is 0. The second kappa shape index (κ2) is 11.0. The number of guanidine groups is 1. The minimum absolute atomic E-state index is 0. The number of benzene rings is 1. The number of nitrogens with zero attached hydrogens (tertiary/aromatic N) is 2. The van der Waals surface area contributed by atoms with Crippen LogP contribution in [0.25, 0.3) is 0 Å². The monoisotopic (exact) mass is 472 g/mol. The van der Waals surface area contributed by atoms with Gasteiger partial charge in [0.2, 0.25) is 0 Å². The number of hydrogen-bond acceptors (Lipinski definition) is 3. The lowest BCUT2D eigenvalue weighted by molar-refractivity contribution is 0.232. The van der Waals surface area contributed by atoms with E-state index < -0.39 is 0 Å². The molecule has 0 saturated carbocycles. The largest absolute Gasteiger partial charge is 0.508 e. The minimum Gasteiger partial charge on any atom is -0.508 e. The number of phenolic OH excluding ortho intramolecular Hbond substituents is 1. The highest BCUT2D eigenvalue weighted by Gasteiger charge is 2.16. The van der Waals surface area contributed by atoms with Crippen LogP contribution in [0.15, 0.2) is 17.1 Å². The summed E-state index contributed by atoms with van der Waals surface area (Å²) in [6.45, 7) is 5.03. The molecule has 0 atom stereocenters. The van der Waals surface area contributed by atoms with Crippen LogP contribution in [0.4, 0.5) is 0 Å². The summed E-state index contributed by atoms with van der Waals surface area (Å²) in [4.78, 5) is 6.84. The maximum atomic E-state index is 10.3. The van der Waals surface area contributed by atoms with Gasteiger partial charge in [0.15, 0.2) is 5.96 Å². The van der Waals surface area contributed by atoms with Gasteiger partial charge in [-0.3, -0.25) is 4.99 Å². The van der Waals surface area contributed by atoms with Gasteiger partial charge in [0.25, 0.3) is 0 Å². The normalized spacial score (nSPS) is 18.0. The molecule has 5 nitrogen and oxygen atoms in total. The van der Waals surface area contributed by atoms with Gasteiger partial charge in [0.1, 0.15) is 5.75 Å². The molecule has 3 N–H and O–H groups in total. The van der Waals surface area contributed by atoms with E-state index in [1.165, 1.54) is 56.3 Å². The number of aliphatic imine (C=N–C) groups is 1. The number of piperidine rings is 1. The first-order chi connectivity index (χ1) is 12.3. The highest BCUT2D eigenvalue weighted by atomic mass is 127. The third kappa shape index (κ3) is 5.74. The van der Waals surface area contributed by atoms with Crippen molar-refractivity contribution in [3.05, 3.63) is 28.8 Å². The fourth-order valence-electron chi connectivity index (χ4n) is 4.00. The first-order valence-electron chi connectivity index (χ1n) is 9.77. The Kier molecular flexibility index (Phi) is 8.98. The van der Waals surface area contributed by atoms with Crippen LogP contribution in [0.1, 0.15) is 48.8 Å². The van der Waals surface area contributed by atoms with E-state index in [1.54, 1.807) is 7.05 Å².